The summed E-state index contributed by atoms with van der Waals surface area (Å²) in [5.74, 6) is 5.33. The summed E-state index contributed by atoms with van der Waals surface area (Å²) in [7, 11) is 0. The number of carbonyl (C=O) groups excluding carboxylic acids is 1. The molecule has 0 atom stereocenters. The minimum absolute atomic E-state index is 0.249. The van der Waals surface area contributed by atoms with Crippen LogP contribution in [-0.2, 0) is 0 Å². The van der Waals surface area contributed by atoms with Crippen LogP contribution in [0.2, 0.25) is 5.02 Å². The molecule has 20 heavy (non-hydrogen) atoms. The summed E-state index contributed by atoms with van der Waals surface area (Å²) in [6.07, 6.45) is 0. The maximum absolute atomic E-state index is 12.0. The fraction of sp³-hybridized carbons (Fsp3) is 0.154. The van der Waals surface area contributed by atoms with Crippen LogP contribution in [0.25, 0.3) is 0 Å². The van der Waals surface area contributed by atoms with E-state index in [4.69, 9.17) is 17.3 Å². The highest BCUT2D eigenvalue weighted by Gasteiger charge is 2.13. The molecular formula is C13H11ClN4OS. The van der Waals surface area contributed by atoms with E-state index in [0.717, 1.165) is 11.5 Å². The largest absolute Gasteiger partial charge is 0.321 e. The number of aromatic nitrogens is 2. The number of amides is 1. The molecule has 1 heterocycles. The predicted molar refractivity (Wildman–Crippen MR) is 80.0 cm³/mol. The van der Waals surface area contributed by atoms with Gasteiger partial charge < -0.3 is 11.1 Å². The van der Waals surface area contributed by atoms with E-state index in [-0.39, 0.29) is 12.5 Å². The number of anilines is 1. The normalized spacial score (nSPS) is 9.75. The summed E-state index contributed by atoms with van der Waals surface area (Å²) in [6, 6.07) is 5.08. The van der Waals surface area contributed by atoms with Crippen molar-refractivity contribution in [2.45, 2.75) is 6.92 Å². The second-order valence-corrected chi connectivity index (χ2v) is 5.00. The van der Waals surface area contributed by atoms with Crippen molar-refractivity contribution in [1.29, 1.82) is 0 Å². The highest BCUT2D eigenvalue weighted by molar-refractivity contribution is 7.08. The summed E-state index contributed by atoms with van der Waals surface area (Å²) in [5.41, 5.74) is 7.15. The van der Waals surface area contributed by atoms with E-state index in [1.54, 1.807) is 25.1 Å². The second kappa shape index (κ2) is 6.48. The van der Waals surface area contributed by atoms with Gasteiger partial charge in [-0.25, -0.2) is 0 Å². The molecule has 102 valence electrons. The van der Waals surface area contributed by atoms with Gasteiger partial charge in [-0.1, -0.05) is 27.9 Å². The van der Waals surface area contributed by atoms with E-state index < -0.39 is 0 Å². The minimum Gasteiger partial charge on any atom is -0.321 e. The summed E-state index contributed by atoms with van der Waals surface area (Å²) in [5, 5.41) is 7.08. The van der Waals surface area contributed by atoms with Crippen molar-refractivity contribution in [3.05, 3.63) is 39.4 Å². The first-order chi connectivity index (χ1) is 9.61. The molecule has 0 bridgehead atoms. The monoisotopic (exact) mass is 306 g/mol. The molecule has 0 aliphatic heterocycles. The van der Waals surface area contributed by atoms with Crippen LogP contribution in [0.1, 0.15) is 20.9 Å². The Balaban J connectivity index is 2.22. The third-order valence-electron chi connectivity index (χ3n) is 2.41. The highest BCUT2D eigenvalue weighted by Crippen LogP contribution is 2.21. The van der Waals surface area contributed by atoms with Gasteiger partial charge in [-0.2, -0.15) is 0 Å². The number of rotatable bonds is 2. The van der Waals surface area contributed by atoms with Gasteiger partial charge in [0.2, 0.25) is 0 Å². The molecule has 0 aliphatic rings. The smallest absolute Gasteiger partial charge is 0.269 e. The molecule has 0 saturated carbocycles. The fourth-order valence-electron chi connectivity index (χ4n) is 1.47. The summed E-state index contributed by atoms with van der Waals surface area (Å²) >= 11 is 7.07. The molecule has 3 N–H and O–H groups in total. The quantitative estimate of drug-likeness (QED) is 0.832. The minimum atomic E-state index is -0.252. The van der Waals surface area contributed by atoms with E-state index in [9.17, 15) is 4.79 Å². The Morgan fingerprint density at radius 3 is 3.00 bits per heavy atom. The first kappa shape index (κ1) is 14.5. The topological polar surface area (TPSA) is 80.9 Å². The third kappa shape index (κ3) is 3.33. The standard InChI is InChI=1S/C13H11ClN4OS/c1-8-12(20-18-17-8)13(19)16-10-4-5-11(14)9(7-10)3-2-6-15/h4-5,7H,6,15H2,1H3,(H,16,19). The molecule has 1 aromatic carbocycles. The molecule has 0 aliphatic carbocycles. The number of benzene rings is 1. The first-order valence-electron chi connectivity index (χ1n) is 5.70. The zero-order chi connectivity index (χ0) is 14.5. The summed E-state index contributed by atoms with van der Waals surface area (Å²) in [6.45, 7) is 1.98. The molecular weight excluding hydrogens is 296 g/mol. The Morgan fingerprint density at radius 2 is 2.35 bits per heavy atom. The molecule has 2 aromatic rings. The first-order valence-corrected chi connectivity index (χ1v) is 6.85. The zero-order valence-electron chi connectivity index (χ0n) is 10.6. The number of halogens is 1. The SMILES string of the molecule is Cc1nnsc1C(=O)Nc1ccc(Cl)c(C#CCN)c1. The number of nitrogens with two attached hydrogens (primary N) is 1. The van der Waals surface area contributed by atoms with Gasteiger partial charge in [0, 0.05) is 11.3 Å². The Hall–Kier alpha value is -1.94. The van der Waals surface area contributed by atoms with Gasteiger partial charge in [-0.05, 0) is 36.7 Å². The summed E-state index contributed by atoms with van der Waals surface area (Å²) < 4.78 is 3.73. The van der Waals surface area contributed by atoms with Crippen LogP contribution < -0.4 is 11.1 Å². The Kier molecular flexibility index (Phi) is 4.69. The average molecular weight is 307 g/mol. The number of nitrogens with zero attached hydrogens (tertiary/aromatic N) is 2. The molecule has 2 rings (SSSR count). The Morgan fingerprint density at radius 1 is 1.55 bits per heavy atom. The highest BCUT2D eigenvalue weighted by atomic mass is 35.5. The lowest BCUT2D eigenvalue weighted by atomic mass is 10.2. The number of hydrogen-bond donors (Lipinski definition) is 2. The average Bonchev–Trinajstić information content (AvgIpc) is 2.85. The van der Waals surface area contributed by atoms with Crippen LogP contribution in [0.15, 0.2) is 18.2 Å². The third-order valence-corrected chi connectivity index (χ3v) is 3.56. The van der Waals surface area contributed by atoms with E-state index in [1.807, 2.05) is 0 Å². The van der Waals surface area contributed by atoms with Crippen molar-refractivity contribution >= 4 is 34.7 Å². The number of aryl methyl sites for hydroxylation is 1. The van der Waals surface area contributed by atoms with Gasteiger partial charge in [0.25, 0.3) is 5.91 Å². The molecule has 1 aromatic heterocycles. The Bertz CT molecular complexity index is 702. The number of carbonyl (C=O) groups is 1. The van der Waals surface area contributed by atoms with Gasteiger partial charge in [-0.15, -0.1) is 5.10 Å². The van der Waals surface area contributed by atoms with Gasteiger partial charge in [-0.3, -0.25) is 4.79 Å². The van der Waals surface area contributed by atoms with Crippen molar-refractivity contribution in [2.75, 3.05) is 11.9 Å². The van der Waals surface area contributed by atoms with Crippen molar-refractivity contribution in [3.8, 4) is 11.8 Å². The molecule has 0 spiro atoms. The van der Waals surface area contributed by atoms with Crippen LogP contribution >= 0.6 is 23.1 Å². The van der Waals surface area contributed by atoms with Crippen LogP contribution in [0, 0.1) is 18.8 Å². The number of nitrogens with one attached hydrogen (secondary N) is 1. The van der Waals surface area contributed by atoms with Gasteiger partial charge >= 0.3 is 0 Å². The predicted octanol–water partition coefficient (Wildman–Crippen LogP) is 2.06. The number of hydrogen-bond acceptors (Lipinski definition) is 5. The van der Waals surface area contributed by atoms with E-state index in [1.165, 1.54) is 0 Å². The molecule has 7 heteroatoms. The van der Waals surface area contributed by atoms with Gasteiger partial charge in [0.15, 0.2) is 0 Å². The molecule has 1 amide bonds. The maximum Gasteiger partial charge on any atom is 0.269 e. The van der Waals surface area contributed by atoms with E-state index in [0.29, 0.717) is 26.8 Å². The van der Waals surface area contributed by atoms with Gasteiger partial charge in [0.05, 0.1) is 17.3 Å². The van der Waals surface area contributed by atoms with E-state index in [2.05, 4.69) is 26.7 Å². The van der Waals surface area contributed by atoms with Crippen LogP contribution in [0.4, 0.5) is 5.69 Å². The fourth-order valence-corrected chi connectivity index (χ4v) is 2.19. The van der Waals surface area contributed by atoms with Crippen molar-refractivity contribution in [3.63, 3.8) is 0 Å². The molecule has 0 radical (unpaired) electrons. The van der Waals surface area contributed by atoms with Crippen molar-refractivity contribution in [2.24, 2.45) is 5.73 Å². The summed E-state index contributed by atoms with van der Waals surface area (Å²) in [4.78, 5) is 12.5. The Labute approximate surface area is 125 Å². The van der Waals surface area contributed by atoms with Crippen LogP contribution in [0.3, 0.4) is 0 Å². The maximum atomic E-state index is 12.0. The van der Waals surface area contributed by atoms with Gasteiger partial charge in [0.1, 0.15) is 4.88 Å². The van der Waals surface area contributed by atoms with Crippen LogP contribution in [0.5, 0.6) is 0 Å². The molecule has 0 unspecified atom stereocenters. The molecule has 0 saturated heterocycles. The van der Waals surface area contributed by atoms with Crippen molar-refractivity contribution in [1.82, 2.24) is 9.59 Å². The lowest BCUT2D eigenvalue weighted by molar-refractivity contribution is 0.103. The lowest BCUT2D eigenvalue weighted by Crippen LogP contribution is -2.11. The molecule has 0 fully saturated rings. The zero-order valence-corrected chi connectivity index (χ0v) is 12.2. The second-order valence-electron chi connectivity index (χ2n) is 3.84. The van der Waals surface area contributed by atoms with E-state index >= 15 is 0 Å². The van der Waals surface area contributed by atoms with Crippen LogP contribution in [-0.4, -0.2) is 22.0 Å². The lowest BCUT2D eigenvalue weighted by Gasteiger charge is -2.05. The van der Waals surface area contributed by atoms with Crippen molar-refractivity contribution < 1.29 is 4.79 Å². The molecule has 5 nitrogen and oxygen atoms in total.